The maximum Gasteiger partial charge on any atom is 0.472 e. The number of ether oxygens (including phenoxy) is 2. The van der Waals surface area contributed by atoms with Gasteiger partial charge < -0.3 is 20.1 Å². The van der Waals surface area contributed by atoms with Crippen molar-refractivity contribution in [1.29, 1.82) is 0 Å². The van der Waals surface area contributed by atoms with Crippen LogP contribution < -0.4 is 5.73 Å². The van der Waals surface area contributed by atoms with E-state index in [4.69, 9.17) is 24.3 Å². The maximum atomic E-state index is 12.7. The molecule has 0 aliphatic heterocycles. The van der Waals surface area contributed by atoms with Crippen LogP contribution in [0.15, 0.2) is 85.1 Å². The van der Waals surface area contributed by atoms with Crippen LogP contribution in [-0.4, -0.2) is 49.3 Å². The molecule has 10 heteroatoms. The molecule has 2 atom stereocenters. The van der Waals surface area contributed by atoms with Crippen molar-refractivity contribution >= 4 is 19.8 Å². The fraction of sp³-hybridized carbons (Fsp3) is 0.758. The molecule has 0 spiro atoms. The van der Waals surface area contributed by atoms with Gasteiger partial charge in [0, 0.05) is 19.4 Å². The average Bonchev–Trinajstić information content (AvgIpc) is 3.41. The van der Waals surface area contributed by atoms with Crippen LogP contribution in [0.25, 0.3) is 0 Å². The van der Waals surface area contributed by atoms with Crippen molar-refractivity contribution in [3.63, 3.8) is 0 Å². The molecular weight excluding hydrogens is 966 g/mol. The van der Waals surface area contributed by atoms with E-state index >= 15 is 0 Å². The van der Waals surface area contributed by atoms with Crippen molar-refractivity contribution in [2.45, 2.75) is 296 Å². The molecule has 0 radical (unpaired) electrons. The van der Waals surface area contributed by atoms with Gasteiger partial charge in [0.2, 0.25) is 0 Å². The average molecular weight is 1080 g/mol. The smallest absolute Gasteiger partial charge is 0.462 e. The number of hydrogen-bond donors (Lipinski definition) is 2. The molecule has 0 aliphatic rings. The minimum Gasteiger partial charge on any atom is -0.462 e. The molecule has 3 N–H and O–H groups in total. The molecule has 440 valence electrons. The first-order chi connectivity index (χ1) is 37.3. The summed E-state index contributed by atoms with van der Waals surface area (Å²) in [5.41, 5.74) is 5.38. The molecule has 0 amide bonds. The van der Waals surface area contributed by atoms with Crippen LogP contribution in [0.5, 0.6) is 0 Å². The van der Waals surface area contributed by atoms with Crippen LogP contribution in [0.1, 0.15) is 290 Å². The molecule has 9 nitrogen and oxygen atoms in total. The molecule has 0 fully saturated rings. The second kappa shape index (κ2) is 61.4. The monoisotopic (exact) mass is 1080 g/mol. The van der Waals surface area contributed by atoms with Gasteiger partial charge in [-0.25, -0.2) is 4.57 Å². The molecule has 0 aromatic rings. The highest BCUT2D eigenvalue weighted by atomic mass is 31.2. The van der Waals surface area contributed by atoms with Crippen molar-refractivity contribution in [3.05, 3.63) is 85.1 Å². The highest BCUT2D eigenvalue weighted by Crippen LogP contribution is 2.43. The zero-order chi connectivity index (χ0) is 55.2. The third kappa shape index (κ3) is 60.4. The van der Waals surface area contributed by atoms with Gasteiger partial charge in [0.1, 0.15) is 6.61 Å². The molecule has 0 aromatic heterocycles. The molecule has 76 heavy (non-hydrogen) atoms. The van der Waals surface area contributed by atoms with Gasteiger partial charge in [0.15, 0.2) is 6.10 Å². The van der Waals surface area contributed by atoms with E-state index in [1.165, 1.54) is 186 Å². The number of nitrogens with two attached hydrogens (primary N) is 1. The van der Waals surface area contributed by atoms with E-state index in [1.807, 2.05) is 6.08 Å². The third-order valence-corrected chi connectivity index (χ3v) is 14.5. The van der Waals surface area contributed by atoms with Crippen molar-refractivity contribution < 1.29 is 37.6 Å². The van der Waals surface area contributed by atoms with Crippen molar-refractivity contribution in [2.75, 3.05) is 26.4 Å². The predicted molar refractivity (Wildman–Crippen MR) is 325 cm³/mol. The van der Waals surface area contributed by atoms with E-state index in [9.17, 15) is 19.0 Å². The third-order valence-electron chi connectivity index (χ3n) is 13.5. The summed E-state index contributed by atoms with van der Waals surface area (Å²) in [6.07, 6.45) is 81.1. The van der Waals surface area contributed by atoms with E-state index in [1.54, 1.807) is 0 Å². The first-order valence-electron chi connectivity index (χ1n) is 31.6. The van der Waals surface area contributed by atoms with Gasteiger partial charge in [0.05, 0.1) is 13.2 Å². The molecular formula is C66H118NO8P. The summed E-state index contributed by atoms with van der Waals surface area (Å²) in [4.78, 5) is 35.2. The van der Waals surface area contributed by atoms with Gasteiger partial charge in [0.25, 0.3) is 0 Å². The molecule has 0 aromatic carbocycles. The van der Waals surface area contributed by atoms with Gasteiger partial charge in [-0.2, -0.15) is 0 Å². The SMILES string of the molecule is CC/C=C\C/C=C\C/C=C\C/C=C\C/C=C\C/C=C\C/C=C\CCCC(=O)OC(COC(=O)CCCCCCCCCCCCCCCCCCCCCCCCCCCCCCCCCC)COP(=O)(O)OCCN. The molecule has 0 aliphatic carbocycles. The first kappa shape index (κ1) is 73.2. The fourth-order valence-electron chi connectivity index (χ4n) is 8.92. The predicted octanol–water partition coefficient (Wildman–Crippen LogP) is 20.2. The van der Waals surface area contributed by atoms with Gasteiger partial charge in [-0.15, -0.1) is 0 Å². The summed E-state index contributed by atoms with van der Waals surface area (Å²) < 4.78 is 33.0. The second-order valence-corrected chi connectivity index (χ2v) is 22.4. The number of unbranched alkanes of at least 4 members (excludes halogenated alkanes) is 32. The van der Waals surface area contributed by atoms with E-state index in [0.29, 0.717) is 12.8 Å². The van der Waals surface area contributed by atoms with Crippen LogP contribution in [0, 0.1) is 0 Å². The lowest BCUT2D eigenvalue weighted by Crippen LogP contribution is -2.29. The number of allylic oxidation sites excluding steroid dienone is 14. The Hall–Kier alpha value is -2.81. The largest absolute Gasteiger partial charge is 0.472 e. The van der Waals surface area contributed by atoms with Crippen LogP contribution >= 0.6 is 7.82 Å². The van der Waals surface area contributed by atoms with Gasteiger partial charge >= 0.3 is 19.8 Å². The van der Waals surface area contributed by atoms with Crippen LogP contribution in [-0.2, 0) is 32.7 Å². The zero-order valence-electron chi connectivity index (χ0n) is 49.2. The number of carbonyl (C=O) groups is 2. The number of phosphoric ester groups is 1. The minimum atomic E-state index is -4.41. The summed E-state index contributed by atoms with van der Waals surface area (Å²) >= 11 is 0. The number of hydrogen-bond acceptors (Lipinski definition) is 8. The van der Waals surface area contributed by atoms with E-state index in [-0.39, 0.29) is 32.6 Å². The van der Waals surface area contributed by atoms with Gasteiger partial charge in [-0.1, -0.05) is 298 Å². The molecule has 0 saturated heterocycles. The van der Waals surface area contributed by atoms with Crippen molar-refractivity contribution in [3.8, 4) is 0 Å². The van der Waals surface area contributed by atoms with Crippen molar-refractivity contribution in [1.82, 2.24) is 0 Å². The number of phosphoric acid groups is 1. The normalized spacial score (nSPS) is 13.6. The van der Waals surface area contributed by atoms with Crippen LogP contribution in [0.3, 0.4) is 0 Å². The Bertz CT molecular complexity index is 1520. The molecule has 0 heterocycles. The van der Waals surface area contributed by atoms with Gasteiger partial charge in [-0.3, -0.25) is 18.6 Å². The summed E-state index contributed by atoms with van der Waals surface area (Å²) in [7, 11) is -4.41. The molecule has 0 saturated carbocycles. The summed E-state index contributed by atoms with van der Waals surface area (Å²) in [6, 6.07) is 0. The Balaban J connectivity index is 3.95. The van der Waals surface area contributed by atoms with Crippen molar-refractivity contribution in [2.24, 2.45) is 5.73 Å². The van der Waals surface area contributed by atoms with E-state index in [2.05, 4.69) is 92.8 Å². The summed E-state index contributed by atoms with van der Waals surface area (Å²) in [5.74, 6) is -0.891. The fourth-order valence-corrected chi connectivity index (χ4v) is 9.69. The Morgan fingerprint density at radius 1 is 0.408 bits per heavy atom. The van der Waals surface area contributed by atoms with E-state index < -0.39 is 32.5 Å². The Labute approximate surface area is 468 Å². The topological polar surface area (TPSA) is 134 Å². The first-order valence-corrected chi connectivity index (χ1v) is 33.1. The lowest BCUT2D eigenvalue weighted by molar-refractivity contribution is -0.161. The highest BCUT2D eigenvalue weighted by Gasteiger charge is 2.26. The quantitative estimate of drug-likeness (QED) is 0.0264. The minimum absolute atomic E-state index is 0.0412. The summed E-state index contributed by atoms with van der Waals surface area (Å²) in [6.45, 7) is 3.59. The lowest BCUT2D eigenvalue weighted by atomic mass is 10.0. The Morgan fingerprint density at radius 2 is 0.724 bits per heavy atom. The Morgan fingerprint density at radius 3 is 1.07 bits per heavy atom. The maximum absolute atomic E-state index is 12.7. The van der Waals surface area contributed by atoms with E-state index in [0.717, 1.165) is 64.2 Å². The summed E-state index contributed by atoms with van der Waals surface area (Å²) in [5, 5.41) is 0. The zero-order valence-corrected chi connectivity index (χ0v) is 50.1. The number of esters is 2. The Kier molecular flexibility index (Phi) is 59.1. The second-order valence-electron chi connectivity index (χ2n) is 20.9. The van der Waals surface area contributed by atoms with Crippen LogP contribution in [0.2, 0.25) is 0 Å². The molecule has 0 bridgehead atoms. The van der Waals surface area contributed by atoms with Crippen LogP contribution in [0.4, 0.5) is 0 Å². The molecule has 0 rings (SSSR count). The standard InChI is InChI=1S/C66H118NO8P/c1-3-5-7-9-11-13-15-17-19-21-23-25-27-28-29-30-31-32-33-34-35-37-38-40-42-44-46-48-50-52-54-56-58-65(68)72-62-64(63-74-76(70,71)73-61-60-67)75-66(69)59-57-55-53-51-49-47-45-43-41-39-36-26-24-22-20-18-16-14-12-10-8-6-4-2/h6,8,12,14,18,20,24,26,39,41,45,47,51,53,64H,3-5,7,9-11,13,15-17,19,21-23,25,27-38,40,42-44,46,48-50,52,54-63,67H2,1-2H3,(H,70,71)/b8-6-,14-12-,20-18-,26-24-,41-39-,47-45-,53-51-. The number of carbonyl (C=O) groups excluding carboxylic acids is 2. The lowest BCUT2D eigenvalue weighted by Gasteiger charge is -2.19. The highest BCUT2D eigenvalue weighted by molar-refractivity contribution is 7.47. The number of rotatable bonds is 59. The molecule has 2 unspecified atom stereocenters. The van der Waals surface area contributed by atoms with Gasteiger partial charge in [-0.05, 0) is 64.2 Å².